The number of carbonyl (C=O) groups is 1. The number of aromatic nitrogens is 1. The van der Waals surface area contributed by atoms with E-state index in [1.54, 1.807) is 6.20 Å². The summed E-state index contributed by atoms with van der Waals surface area (Å²) in [5, 5.41) is 2.82. The maximum Gasteiger partial charge on any atom is 0.263 e. The van der Waals surface area contributed by atoms with Crippen LogP contribution in [0.3, 0.4) is 0 Å². The molecule has 1 aromatic carbocycles. The lowest BCUT2D eigenvalue weighted by atomic mass is 9.84. The summed E-state index contributed by atoms with van der Waals surface area (Å²) in [5.41, 5.74) is 3.73. The number of hydrogen-bond acceptors (Lipinski definition) is 3. The highest BCUT2D eigenvalue weighted by atomic mass is 16.5. The van der Waals surface area contributed by atoms with E-state index in [2.05, 4.69) is 64.0 Å². The van der Waals surface area contributed by atoms with Gasteiger partial charge in [-0.3, -0.25) is 4.79 Å². The number of hydrogen-bond donors (Lipinski definition) is 1. The van der Waals surface area contributed by atoms with Crippen LogP contribution in [0.2, 0.25) is 0 Å². The van der Waals surface area contributed by atoms with Gasteiger partial charge in [0, 0.05) is 6.20 Å². The van der Waals surface area contributed by atoms with Gasteiger partial charge in [0.05, 0.1) is 0 Å². The minimum atomic E-state index is -0.206. The van der Waals surface area contributed by atoms with Gasteiger partial charge in [-0.25, -0.2) is 4.98 Å². The van der Waals surface area contributed by atoms with E-state index in [4.69, 9.17) is 4.74 Å². The van der Waals surface area contributed by atoms with Crippen molar-refractivity contribution in [3.8, 4) is 5.75 Å². The molecule has 4 nitrogen and oxygen atoms in total. The molecule has 1 N–H and O–H groups in total. The Bertz CT molecular complexity index is 814. The quantitative estimate of drug-likeness (QED) is 0.709. The van der Waals surface area contributed by atoms with Crippen LogP contribution in [0.15, 0.2) is 36.5 Å². The van der Waals surface area contributed by atoms with Crippen molar-refractivity contribution >= 4 is 11.7 Å². The predicted octanol–water partition coefficient (Wildman–Crippen LogP) is 5.58. The van der Waals surface area contributed by atoms with Gasteiger partial charge in [0.15, 0.2) is 6.61 Å². The van der Waals surface area contributed by atoms with Gasteiger partial charge in [-0.2, -0.15) is 0 Å². The molecule has 2 rings (SSSR count). The minimum Gasteiger partial charge on any atom is -0.483 e. The highest BCUT2D eigenvalue weighted by Gasteiger charge is 2.18. The van der Waals surface area contributed by atoms with E-state index >= 15 is 0 Å². The second kappa shape index (κ2) is 8.76. The van der Waals surface area contributed by atoms with Crippen LogP contribution in [0.4, 0.5) is 5.82 Å². The lowest BCUT2D eigenvalue weighted by Crippen LogP contribution is -2.22. The van der Waals surface area contributed by atoms with Crippen LogP contribution in [0.5, 0.6) is 5.75 Å². The Hall–Kier alpha value is -2.36. The summed E-state index contributed by atoms with van der Waals surface area (Å²) >= 11 is 0. The summed E-state index contributed by atoms with van der Waals surface area (Å²) in [6, 6.07) is 10.1. The number of benzene rings is 1. The molecule has 0 spiro atoms. The highest BCUT2D eigenvalue weighted by Crippen LogP contribution is 2.30. The van der Waals surface area contributed by atoms with Gasteiger partial charge >= 0.3 is 0 Å². The van der Waals surface area contributed by atoms with Crippen molar-refractivity contribution in [2.75, 3.05) is 11.9 Å². The van der Waals surface area contributed by atoms with E-state index < -0.39 is 0 Å². The van der Waals surface area contributed by atoms with Crippen molar-refractivity contribution in [2.24, 2.45) is 10.8 Å². The molecule has 0 radical (unpaired) electrons. The van der Waals surface area contributed by atoms with Gasteiger partial charge in [-0.1, -0.05) is 59.7 Å². The molecule has 152 valence electrons. The molecule has 0 fully saturated rings. The molecule has 0 aliphatic heterocycles. The summed E-state index contributed by atoms with van der Waals surface area (Å²) < 4.78 is 5.90. The molecular weight excluding hydrogens is 348 g/mol. The second-order valence-electron chi connectivity index (χ2n) is 9.92. The van der Waals surface area contributed by atoms with Gasteiger partial charge in [0.1, 0.15) is 11.6 Å². The molecule has 4 heteroatoms. The van der Waals surface area contributed by atoms with Crippen molar-refractivity contribution in [1.29, 1.82) is 0 Å². The second-order valence-corrected chi connectivity index (χ2v) is 9.92. The first kappa shape index (κ1) is 21.9. The Morgan fingerprint density at radius 1 is 1.04 bits per heavy atom. The van der Waals surface area contributed by atoms with E-state index in [0.29, 0.717) is 5.82 Å². The Kier molecular flexibility index (Phi) is 6.87. The summed E-state index contributed by atoms with van der Waals surface area (Å²) in [6.45, 7) is 15.2. The average Bonchev–Trinajstić information content (AvgIpc) is 2.53. The van der Waals surface area contributed by atoms with Crippen LogP contribution < -0.4 is 10.1 Å². The van der Waals surface area contributed by atoms with E-state index in [9.17, 15) is 4.79 Å². The first-order chi connectivity index (χ1) is 12.9. The topological polar surface area (TPSA) is 51.2 Å². The first-order valence-corrected chi connectivity index (χ1v) is 9.89. The number of aryl methyl sites for hydroxylation is 1. The molecular formula is C24H34N2O2. The predicted molar refractivity (Wildman–Crippen MR) is 116 cm³/mol. The van der Waals surface area contributed by atoms with Crippen LogP contribution in [0.25, 0.3) is 0 Å². The molecule has 0 saturated heterocycles. The maximum atomic E-state index is 12.3. The molecule has 28 heavy (non-hydrogen) atoms. The van der Waals surface area contributed by atoms with Crippen molar-refractivity contribution < 1.29 is 9.53 Å². The van der Waals surface area contributed by atoms with Crippen LogP contribution >= 0.6 is 0 Å². The Labute approximate surface area is 169 Å². The molecule has 1 amide bonds. The van der Waals surface area contributed by atoms with E-state index in [1.165, 1.54) is 5.56 Å². The van der Waals surface area contributed by atoms with Gasteiger partial charge in [0.2, 0.25) is 0 Å². The minimum absolute atomic E-state index is 0.0359. The van der Waals surface area contributed by atoms with Gasteiger partial charge in [-0.05, 0) is 59.4 Å². The monoisotopic (exact) mass is 382 g/mol. The fourth-order valence-electron chi connectivity index (χ4n) is 3.13. The van der Waals surface area contributed by atoms with Crippen molar-refractivity contribution in [1.82, 2.24) is 4.98 Å². The Morgan fingerprint density at radius 2 is 1.71 bits per heavy atom. The number of nitrogens with one attached hydrogen (secondary N) is 1. The normalized spacial score (nSPS) is 12.0. The third-order valence-electron chi connectivity index (χ3n) is 4.21. The molecule has 1 heterocycles. The van der Waals surface area contributed by atoms with Crippen molar-refractivity contribution in [2.45, 2.75) is 61.3 Å². The smallest absolute Gasteiger partial charge is 0.263 e. The molecule has 0 aliphatic carbocycles. The molecule has 0 aliphatic rings. The molecule has 2 aromatic rings. The van der Waals surface area contributed by atoms with Gasteiger partial charge in [-0.15, -0.1) is 0 Å². The zero-order valence-corrected chi connectivity index (χ0v) is 18.3. The number of anilines is 1. The maximum absolute atomic E-state index is 12.3. The number of rotatable bonds is 6. The van der Waals surface area contributed by atoms with E-state index in [-0.39, 0.29) is 23.3 Å². The molecule has 1 aromatic heterocycles. The van der Waals surface area contributed by atoms with Crippen LogP contribution in [-0.4, -0.2) is 17.5 Å². The Morgan fingerprint density at radius 3 is 2.32 bits per heavy atom. The number of carbonyl (C=O) groups excluding carboxylic acids is 1. The van der Waals surface area contributed by atoms with Gasteiger partial charge in [0.25, 0.3) is 5.91 Å². The zero-order valence-electron chi connectivity index (χ0n) is 18.3. The Balaban J connectivity index is 2.12. The summed E-state index contributed by atoms with van der Waals surface area (Å²) in [5.74, 6) is 1.15. The number of ether oxygens (including phenoxy) is 1. The lowest BCUT2D eigenvalue weighted by molar-refractivity contribution is -0.118. The molecule has 0 unspecified atom stereocenters. The van der Waals surface area contributed by atoms with Gasteiger partial charge < -0.3 is 10.1 Å². The molecule has 0 atom stereocenters. The number of pyridine rings is 1. The third-order valence-corrected chi connectivity index (χ3v) is 4.21. The van der Waals surface area contributed by atoms with Crippen molar-refractivity contribution in [3.05, 3.63) is 53.2 Å². The number of nitrogens with zero attached hydrogens (tertiary/aromatic N) is 1. The standard InChI is InChI=1S/C24H34N2O2/c1-17-9-8-12-25-22(17)26-21(27)16-28-20-11-10-18(14-23(2,3)4)13-19(20)15-24(5,6)7/h8-13H,14-16H2,1-7H3,(H,25,26,27). The summed E-state index contributed by atoms with van der Waals surface area (Å²) in [6.07, 6.45) is 3.56. The summed E-state index contributed by atoms with van der Waals surface area (Å²) in [4.78, 5) is 16.5. The van der Waals surface area contributed by atoms with E-state index in [1.807, 2.05) is 25.1 Å². The first-order valence-electron chi connectivity index (χ1n) is 9.89. The van der Waals surface area contributed by atoms with Crippen molar-refractivity contribution in [3.63, 3.8) is 0 Å². The van der Waals surface area contributed by atoms with Crippen LogP contribution in [0.1, 0.15) is 58.2 Å². The van der Waals surface area contributed by atoms with Crippen LogP contribution in [-0.2, 0) is 17.6 Å². The van der Waals surface area contributed by atoms with Crippen LogP contribution in [0, 0.1) is 17.8 Å². The number of amides is 1. The zero-order chi connectivity index (χ0) is 20.9. The third kappa shape index (κ3) is 7.34. The fourth-order valence-corrected chi connectivity index (χ4v) is 3.13. The summed E-state index contributed by atoms with van der Waals surface area (Å²) in [7, 11) is 0. The van der Waals surface area contributed by atoms with E-state index in [0.717, 1.165) is 29.7 Å². The molecule has 0 bridgehead atoms. The SMILES string of the molecule is Cc1cccnc1NC(=O)COc1ccc(CC(C)(C)C)cc1CC(C)(C)C. The largest absolute Gasteiger partial charge is 0.483 e. The average molecular weight is 383 g/mol. The highest BCUT2D eigenvalue weighted by molar-refractivity contribution is 5.91. The lowest BCUT2D eigenvalue weighted by Gasteiger charge is -2.23. The fraction of sp³-hybridized carbons (Fsp3) is 0.500. The molecule has 0 saturated carbocycles.